The first-order valence-corrected chi connectivity index (χ1v) is 8.10. The summed E-state index contributed by atoms with van der Waals surface area (Å²) in [5, 5.41) is 6.64. The number of aliphatic imine (C=N–C) groups is 1. The van der Waals surface area contributed by atoms with Crippen molar-refractivity contribution in [2.75, 3.05) is 52.5 Å². The van der Waals surface area contributed by atoms with Crippen LogP contribution in [0.5, 0.6) is 0 Å². The number of guanidine groups is 1. The van der Waals surface area contributed by atoms with E-state index >= 15 is 0 Å². The van der Waals surface area contributed by atoms with Crippen LogP contribution in [0.25, 0.3) is 0 Å². The molecule has 6 heteroatoms. The fourth-order valence-electron chi connectivity index (χ4n) is 2.32. The molecule has 2 heterocycles. The van der Waals surface area contributed by atoms with E-state index in [1.165, 1.54) is 0 Å². The molecule has 0 bridgehead atoms. The lowest BCUT2D eigenvalue weighted by Crippen LogP contribution is -2.40. The van der Waals surface area contributed by atoms with Gasteiger partial charge in [0.05, 0.1) is 19.8 Å². The maximum atomic E-state index is 5.35. The van der Waals surface area contributed by atoms with Crippen LogP contribution in [0.2, 0.25) is 0 Å². The van der Waals surface area contributed by atoms with Crippen molar-refractivity contribution in [2.45, 2.75) is 13.3 Å². The second-order valence-electron chi connectivity index (χ2n) is 5.21. The molecule has 1 aromatic rings. The van der Waals surface area contributed by atoms with Gasteiger partial charge >= 0.3 is 0 Å². The van der Waals surface area contributed by atoms with Crippen LogP contribution in [0.3, 0.4) is 0 Å². The van der Waals surface area contributed by atoms with Crippen LogP contribution in [0.15, 0.2) is 29.4 Å². The molecule has 0 radical (unpaired) electrons. The first-order valence-electron chi connectivity index (χ1n) is 8.10. The van der Waals surface area contributed by atoms with Crippen LogP contribution in [0.4, 0.5) is 0 Å². The minimum atomic E-state index is 0.804. The second-order valence-corrected chi connectivity index (χ2v) is 5.21. The van der Waals surface area contributed by atoms with Crippen molar-refractivity contribution in [3.8, 4) is 0 Å². The highest BCUT2D eigenvalue weighted by Gasteiger charge is 2.09. The highest BCUT2D eigenvalue weighted by Crippen LogP contribution is 1.96. The molecule has 6 nitrogen and oxygen atoms in total. The number of pyridine rings is 1. The third-order valence-corrected chi connectivity index (χ3v) is 3.53. The molecule has 0 atom stereocenters. The number of rotatable bonds is 7. The van der Waals surface area contributed by atoms with E-state index in [4.69, 9.17) is 4.74 Å². The third kappa shape index (κ3) is 6.41. The minimum absolute atomic E-state index is 0.804. The highest BCUT2D eigenvalue weighted by molar-refractivity contribution is 5.79. The molecule has 0 amide bonds. The molecule has 1 aliphatic heterocycles. The van der Waals surface area contributed by atoms with Crippen LogP contribution in [-0.2, 0) is 11.2 Å². The maximum absolute atomic E-state index is 5.35. The predicted octanol–water partition coefficient (Wildman–Crippen LogP) is 0.511. The van der Waals surface area contributed by atoms with Gasteiger partial charge in [-0.1, -0.05) is 6.07 Å². The van der Waals surface area contributed by atoms with Gasteiger partial charge in [0.1, 0.15) is 0 Å². The lowest BCUT2D eigenvalue weighted by Gasteiger charge is -2.25. The molecule has 0 saturated carbocycles. The summed E-state index contributed by atoms with van der Waals surface area (Å²) in [6.45, 7) is 9.28. The molecule has 2 N–H and O–H groups in total. The average Bonchev–Trinajstić information content (AvgIpc) is 2.57. The lowest BCUT2D eigenvalue weighted by molar-refractivity contribution is 0.0394. The molecule has 0 spiro atoms. The van der Waals surface area contributed by atoms with Crippen molar-refractivity contribution in [2.24, 2.45) is 4.99 Å². The topological polar surface area (TPSA) is 61.8 Å². The summed E-state index contributed by atoms with van der Waals surface area (Å²) < 4.78 is 5.35. The number of nitrogens with zero attached hydrogens (tertiary/aromatic N) is 3. The summed E-state index contributed by atoms with van der Waals surface area (Å²) in [7, 11) is 0. The average molecular weight is 305 g/mol. The number of hydrogen-bond acceptors (Lipinski definition) is 4. The Morgan fingerprint density at radius 2 is 2.18 bits per heavy atom. The van der Waals surface area contributed by atoms with Crippen LogP contribution < -0.4 is 10.6 Å². The van der Waals surface area contributed by atoms with E-state index in [0.29, 0.717) is 0 Å². The lowest BCUT2D eigenvalue weighted by atomic mass is 10.3. The van der Waals surface area contributed by atoms with Gasteiger partial charge in [-0.05, 0) is 19.1 Å². The Labute approximate surface area is 133 Å². The van der Waals surface area contributed by atoms with E-state index in [1.807, 2.05) is 24.4 Å². The summed E-state index contributed by atoms with van der Waals surface area (Å²) in [6.07, 6.45) is 2.73. The first kappa shape index (κ1) is 16.7. The van der Waals surface area contributed by atoms with Gasteiger partial charge in [-0.15, -0.1) is 0 Å². The van der Waals surface area contributed by atoms with Crippen LogP contribution in [-0.4, -0.2) is 68.3 Å². The Morgan fingerprint density at radius 3 is 2.91 bits per heavy atom. The van der Waals surface area contributed by atoms with Crippen LogP contribution >= 0.6 is 0 Å². The molecule has 0 aromatic carbocycles. The van der Waals surface area contributed by atoms with Crippen molar-refractivity contribution in [1.29, 1.82) is 0 Å². The van der Waals surface area contributed by atoms with E-state index < -0.39 is 0 Å². The number of ether oxygens (including phenoxy) is 1. The maximum Gasteiger partial charge on any atom is 0.191 e. The summed E-state index contributed by atoms with van der Waals surface area (Å²) in [5.74, 6) is 0.881. The van der Waals surface area contributed by atoms with E-state index in [9.17, 15) is 0 Å². The van der Waals surface area contributed by atoms with Gasteiger partial charge in [0, 0.05) is 51.0 Å². The van der Waals surface area contributed by atoms with Gasteiger partial charge in [0.25, 0.3) is 0 Å². The first-order chi connectivity index (χ1) is 10.9. The molecular weight excluding hydrogens is 278 g/mol. The summed E-state index contributed by atoms with van der Waals surface area (Å²) in [5.41, 5.74) is 1.10. The standard InChI is InChI=1S/C16H27N5O/c1-2-17-16(19-8-6-15-5-3-4-7-18-15)20-9-10-21-11-13-22-14-12-21/h3-5,7H,2,6,8-14H2,1H3,(H2,17,19,20). The molecular formula is C16H27N5O. The van der Waals surface area contributed by atoms with Crippen molar-refractivity contribution in [1.82, 2.24) is 20.5 Å². The second kappa shape index (κ2) is 10.1. The summed E-state index contributed by atoms with van der Waals surface area (Å²) >= 11 is 0. The predicted molar refractivity (Wildman–Crippen MR) is 89.2 cm³/mol. The van der Waals surface area contributed by atoms with Crippen LogP contribution in [0.1, 0.15) is 12.6 Å². The van der Waals surface area contributed by atoms with Gasteiger partial charge in [-0.2, -0.15) is 0 Å². The molecule has 2 rings (SSSR count). The molecule has 1 saturated heterocycles. The van der Waals surface area contributed by atoms with Crippen molar-refractivity contribution in [3.05, 3.63) is 30.1 Å². The van der Waals surface area contributed by atoms with E-state index in [-0.39, 0.29) is 0 Å². The summed E-state index contributed by atoms with van der Waals surface area (Å²) in [6, 6.07) is 6.00. The zero-order valence-corrected chi connectivity index (χ0v) is 13.4. The Hall–Kier alpha value is -1.66. The Balaban J connectivity index is 1.69. The molecule has 1 fully saturated rings. The van der Waals surface area contributed by atoms with Crippen molar-refractivity contribution < 1.29 is 4.74 Å². The van der Waals surface area contributed by atoms with Gasteiger partial charge in [-0.25, -0.2) is 0 Å². The smallest absolute Gasteiger partial charge is 0.191 e. The number of morpholine rings is 1. The fourth-order valence-corrected chi connectivity index (χ4v) is 2.32. The zero-order valence-electron chi connectivity index (χ0n) is 13.4. The quantitative estimate of drug-likeness (QED) is 0.568. The van der Waals surface area contributed by atoms with E-state index in [0.717, 1.165) is 70.6 Å². The van der Waals surface area contributed by atoms with E-state index in [1.54, 1.807) is 0 Å². The molecule has 1 aliphatic rings. The minimum Gasteiger partial charge on any atom is -0.379 e. The normalized spacial score (nSPS) is 16.5. The Kier molecular flexibility index (Phi) is 7.69. The molecule has 122 valence electrons. The molecule has 0 aliphatic carbocycles. The van der Waals surface area contributed by atoms with Gasteiger partial charge in [0.15, 0.2) is 5.96 Å². The fraction of sp³-hybridized carbons (Fsp3) is 0.625. The number of hydrogen-bond donors (Lipinski definition) is 2. The Bertz CT molecular complexity index is 431. The number of nitrogens with one attached hydrogen (secondary N) is 2. The van der Waals surface area contributed by atoms with Gasteiger partial charge in [0.2, 0.25) is 0 Å². The zero-order chi connectivity index (χ0) is 15.5. The van der Waals surface area contributed by atoms with Crippen molar-refractivity contribution >= 4 is 5.96 Å². The molecule has 0 unspecified atom stereocenters. The van der Waals surface area contributed by atoms with Gasteiger partial charge in [-0.3, -0.25) is 14.9 Å². The highest BCUT2D eigenvalue weighted by atomic mass is 16.5. The van der Waals surface area contributed by atoms with E-state index in [2.05, 4.69) is 32.4 Å². The molecule has 22 heavy (non-hydrogen) atoms. The SMILES string of the molecule is CCNC(=NCCN1CCOCC1)NCCc1ccccn1. The van der Waals surface area contributed by atoms with Gasteiger partial charge < -0.3 is 15.4 Å². The Morgan fingerprint density at radius 1 is 1.32 bits per heavy atom. The molecule has 1 aromatic heterocycles. The largest absolute Gasteiger partial charge is 0.379 e. The van der Waals surface area contributed by atoms with Crippen LogP contribution in [0, 0.1) is 0 Å². The number of aromatic nitrogens is 1. The summed E-state index contributed by atoms with van der Waals surface area (Å²) in [4.78, 5) is 11.3. The monoisotopic (exact) mass is 305 g/mol. The van der Waals surface area contributed by atoms with Crippen molar-refractivity contribution in [3.63, 3.8) is 0 Å². The third-order valence-electron chi connectivity index (χ3n) is 3.53.